The summed E-state index contributed by atoms with van der Waals surface area (Å²) in [6.45, 7) is -1.63. The normalized spacial score (nSPS) is 14.2. The molecule has 1 aliphatic carbocycles. The molecule has 0 saturated heterocycles. The molecule has 232 valence electrons. The zero-order valence-electron chi connectivity index (χ0n) is 22.7. The number of hydrogen-bond donors (Lipinski definition) is 5. The highest BCUT2D eigenvalue weighted by atomic mass is 35.5. The van der Waals surface area contributed by atoms with Crippen LogP contribution in [0.5, 0.6) is 6.01 Å². The molecule has 1 fully saturated rings. The van der Waals surface area contributed by atoms with Gasteiger partial charge in [0.05, 0.1) is 5.54 Å². The number of primary amides is 1. The molecule has 1 saturated carbocycles. The van der Waals surface area contributed by atoms with Gasteiger partial charge in [-0.05, 0) is 61.2 Å². The summed E-state index contributed by atoms with van der Waals surface area (Å²) in [5.41, 5.74) is 5.56. The van der Waals surface area contributed by atoms with Crippen LogP contribution in [0, 0.1) is 0 Å². The van der Waals surface area contributed by atoms with E-state index in [1.807, 2.05) is 12.1 Å². The van der Waals surface area contributed by atoms with Crippen molar-refractivity contribution in [3.8, 4) is 6.01 Å². The highest BCUT2D eigenvalue weighted by molar-refractivity contribution is 6.35. The zero-order chi connectivity index (χ0) is 32.1. The predicted molar refractivity (Wildman–Crippen MR) is 149 cm³/mol. The summed E-state index contributed by atoms with van der Waals surface area (Å²) in [6.07, 6.45) is -4.04. The Hall–Kier alpha value is -4.99. The first-order valence-electron chi connectivity index (χ1n) is 13.0. The van der Waals surface area contributed by atoms with E-state index in [2.05, 4.69) is 30.9 Å². The average molecular weight is 636 g/mol. The number of carboxylic acids is 1. The standard InChI is InChI=1S/C27H25ClF3N7O6/c28-16-5-3-15(4-6-16)26(11-12-26)38-24-35-23(36-25(37-24)44-13-27(29,30)31)33-17-7-1-14(2-8-17)21(41)34-18(22(42)43)9-10-19(39)20(32)40/h1-8,18H,9-13H2,(H2,32,40)(H,34,41)(H,42,43)(H2,33,35,36,37,38)/t18-/m0/s1. The number of carbonyl (C=O) groups excluding carboxylic acids is 3. The minimum Gasteiger partial charge on any atom is -0.480 e. The zero-order valence-corrected chi connectivity index (χ0v) is 23.4. The molecule has 1 aromatic heterocycles. The molecular formula is C27H25ClF3N7O6. The van der Waals surface area contributed by atoms with Gasteiger partial charge in [-0.15, -0.1) is 0 Å². The van der Waals surface area contributed by atoms with Gasteiger partial charge in [0.25, 0.3) is 11.8 Å². The highest BCUT2D eigenvalue weighted by Gasteiger charge is 2.45. The Bertz CT molecular complexity index is 1550. The van der Waals surface area contributed by atoms with Crippen molar-refractivity contribution >= 4 is 52.8 Å². The maximum atomic E-state index is 12.8. The Morgan fingerprint density at radius 1 is 1.00 bits per heavy atom. The van der Waals surface area contributed by atoms with E-state index in [0.29, 0.717) is 23.6 Å². The van der Waals surface area contributed by atoms with E-state index in [0.717, 1.165) is 5.56 Å². The number of Topliss-reactive ketones (excluding diaryl/α,β-unsaturated/α-hetero) is 1. The third kappa shape index (κ3) is 8.76. The molecule has 0 bridgehead atoms. The van der Waals surface area contributed by atoms with Crippen LogP contribution in [0.3, 0.4) is 0 Å². The van der Waals surface area contributed by atoms with E-state index in [-0.39, 0.29) is 23.9 Å². The maximum Gasteiger partial charge on any atom is 0.422 e. The topological polar surface area (TPSA) is 199 Å². The van der Waals surface area contributed by atoms with Gasteiger partial charge in [-0.25, -0.2) is 4.79 Å². The SMILES string of the molecule is NC(=O)C(=O)CC[C@H](NC(=O)c1ccc(Nc2nc(NC3(c4ccc(Cl)cc4)CC3)nc(OCC(F)(F)F)n2)cc1)C(=O)O. The summed E-state index contributed by atoms with van der Waals surface area (Å²) < 4.78 is 43.2. The van der Waals surface area contributed by atoms with Crippen LogP contribution in [0.4, 0.5) is 30.8 Å². The molecule has 2 aromatic carbocycles. The van der Waals surface area contributed by atoms with Crippen molar-refractivity contribution in [3.05, 3.63) is 64.7 Å². The number of rotatable bonds is 14. The quantitative estimate of drug-likeness (QED) is 0.163. The van der Waals surface area contributed by atoms with Gasteiger partial charge in [-0.3, -0.25) is 14.4 Å². The highest BCUT2D eigenvalue weighted by Crippen LogP contribution is 2.48. The smallest absolute Gasteiger partial charge is 0.422 e. The van der Waals surface area contributed by atoms with Gasteiger partial charge in [0.2, 0.25) is 17.7 Å². The number of benzene rings is 2. The summed E-state index contributed by atoms with van der Waals surface area (Å²) in [7, 11) is 0. The third-order valence-corrected chi connectivity index (χ3v) is 6.67. The van der Waals surface area contributed by atoms with Gasteiger partial charge in [-0.1, -0.05) is 23.7 Å². The molecule has 0 spiro atoms. The minimum absolute atomic E-state index is 0.0438. The number of aliphatic carboxylic acids is 1. The van der Waals surface area contributed by atoms with E-state index in [1.54, 1.807) is 12.1 Å². The largest absolute Gasteiger partial charge is 0.480 e. The Balaban J connectivity index is 1.48. The molecule has 1 atom stereocenters. The van der Waals surface area contributed by atoms with E-state index < -0.39 is 60.4 Å². The van der Waals surface area contributed by atoms with Crippen molar-refractivity contribution in [3.63, 3.8) is 0 Å². The van der Waals surface area contributed by atoms with Gasteiger partial charge in [0.15, 0.2) is 6.61 Å². The monoisotopic (exact) mass is 635 g/mol. The van der Waals surface area contributed by atoms with E-state index >= 15 is 0 Å². The lowest BCUT2D eigenvalue weighted by Gasteiger charge is -2.19. The molecule has 0 aliphatic heterocycles. The number of aromatic nitrogens is 3. The van der Waals surface area contributed by atoms with Gasteiger partial charge in [0.1, 0.15) is 6.04 Å². The van der Waals surface area contributed by atoms with Gasteiger partial charge in [0, 0.05) is 22.7 Å². The number of anilines is 3. The van der Waals surface area contributed by atoms with Crippen LogP contribution in [-0.4, -0.2) is 62.5 Å². The maximum absolute atomic E-state index is 12.8. The number of nitrogens with zero attached hydrogens (tertiary/aromatic N) is 3. The average Bonchev–Trinajstić information content (AvgIpc) is 3.74. The second kappa shape index (κ2) is 13.1. The van der Waals surface area contributed by atoms with Gasteiger partial charge < -0.3 is 31.5 Å². The molecule has 4 rings (SSSR count). The summed E-state index contributed by atoms with van der Waals surface area (Å²) in [5, 5.41) is 18.1. The molecule has 1 heterocycles. The second-order valence-electron chi connectivity index (χ2n) is 9.78. The first kappa shape index (κ1) is 31.9. The summed E-state index contributed by atoms with van der Waals surface area (Å²) >= 11 is 5.99. The van der Waals surface area contributed by atoms with Crippen molar-refractivity contribution in [2.24, 2.45) is 5.73 Å². The number of alkyl halides is 3. The molecule has 0 radical (unpaired) electrons. The number of carboxylic acid groups (broad SMARTS) is 1. The first-order chi connectivity index (χ1) is 20.7. The van der Waals surface area contributed by atoms with Crippen LogP contribution in [-0.2, 0) is 19.9 Å². The Kier molecular flexibility index (Phi) is 9.52. The fraction of sp³-hybridized carbons (Fsp3) is 0.296. The summed E-state index contributed by atoms with van der Waals surface area (Å²) in [4.78, 5) is 58.6. The number of ketones is 1. The number of amides is 2. The van der Waals surface area contributed by atoms with Crippen LogP contribution >= 0.6 is 11.6 Å². The second-order valence-corrected chi connectivity index (χ2v) is 10.2. The van der Waals surface area contributed by atoms with Crippen molar-refractivity contribution in [2.75, 3.05) is 17.2 Å². The summed E-state index contributed by atoms with van der Waals surface area (Å²) in [5.74, 6) is -4.58. The summed E-state index contributed by atoms with van der Waals surface area (Å²) in [6, 6.07) is 10.5. The fourth-order valence-corrected chi connectivity index (χ4v) is 4.13. The number of nitrogens with two attached hydrogens (primary N) is 1. The molecule has 0 unspecified atom stereocenters. The molecule has 13 nitrogen and oxygen atoms in total. The molecule has 44 heavy (non-hydrogen) atoms. The number of ether oxygens (including phenoxy) is 1. The lowest BCUT2D eigenvalue weighted by molar-refractivity contribution is -0.154. The minimum atomic E-state index is -4.64. The lowest BCUT2D eigenvalue weighted by Crippen LogP contribution is -2.41. The molecular weight excluding hydrogens is 611 g/mol. The van der Waals surface area contributed by atoms with Crippen LogP contribution < -0.4 is 26.4 Å². The van der Waals surface area contributed by atoms with Gasteiger partial charge >= 0.3 is 18.2 Å². The third-order valence-electron chi connectivity index (χ3n) is 6.42. The fourth-order valence-electron chi connectivity index (χ4n) is 4.00. The van der Waals surface area contributed by atoms with Crippen molar-refractivity contribution in [2.45, 2.75) is 43.4 Å². The molecule has 3 aromatic rings. The van der Waals surface area contributed by atoms with Crippen molar-refractivity contribution in [1.82, 2.24) is 20.3 Å². The number of halogens is 4. The van der Waals surface area contributed by atoms with Crippen LogP contribution in [0.2, 0.25) is 5.02 Å². The lowest BCUT2D eigenvalue weighted by atomic mass is 10.1. The van der Waals surface area contributed by atoms with E-state index in [1.165, 1.54) is 24.3 Å². The van der Waals surface area contributed by atoms with Crippen LogP contribution in [0.1, 0.15) is 41.6 Å². The van der Waals surface area contributed by atoms with E-state index in [4.69, 9.17) is 22.1 Å². The van der Waals surface area contributed by atoms with Crippen molar-refractivity contribution in [1.29, 1.82) is 0 Å². The van der Waals surface area contributed by atoms with E-state index in [9.17, 15) is 37.5 Å². The van der Waals surface area contributed by atoms with Crippen LogP contribution in [0.25, 0.3) is 0 Å². The Morgan fingerprint density at radius 2 is 1.64 bits per heavy atom. The molecule has 6 N–H and O–H groups in total. The van der Waals surface area contributed by atoms with Gasteiger partial charge in [-0.2, -0.15) is 28.1 Å². The molecule has 2 amide bonds. The number of carbonyl (C=O) groups is 4. The Labute approximate surface area is 252 Å². The van der Waals surface area contributed by atoms with Crippen molar-refractivity contribution < 1.29 is 42.2 Å². The molecule has 1 aliphatic rings. The molecule has 17 heteroatoms. The number of nitrogens with one attached hydrogen (secondary N) is 3. The first-order valence-corrected chi connectivity index (χ1v) is 13.3. The predicted octanol–water partition coefficient (Wildman–Crippen LogP) is 3.33. The number of hydrogen-bond acceptors (Lipinski definition) is 10. The Morgan fingerprint density at radius 3 is 2.20 bits per heavy atom. The van der Waals surface area contributed by atoms with Crippen LogP contribution in [0.15, 0.2) is 48.5 Å².